The fraction of sp³-hybridized carbons (Fsp3) is 0.919. The SMILES string of the molecule is CCCC/C=C\CCCCCCCC(=O)OC(COC(=O)CCCCCCCCCCCCCCCCCCCCCCCCCCCCCCCCCCCCC)COC(OCC[N+](C)(C)C)C(=O)O. The Balaban J connectivity index is 3.89. The van der Waals surface area contributed by atoms with Crippen molar-refractivity contribution in [1.29, 1.82) is 0 Å². The maximum absolute atomic E-state index is 12.8. The van der Waals surface area contributed by atoms with Gasteiger partial charge in [-0.25, -0.2) is 4.79 Å². The summed E-state index contributed by atoms with van der Waals surface area (Å²) in [6.45, 7) is 4.87. The Labute approximate surface area is 440 Å². The van der Waals surface area contributed by atoms with Gasteiger partial charge < -0.3 is 28.5 Å². The molecule has 2 atom stereocenters. The van der Waals surface area contributed by atoms with E-state index in [0.717, 1.165) is 57.8 Å². The van der Waals surface area contributed by atoms with Gasteiger partial charge in [0.15, 0.2) is 6.10 Å². The minimum absolute atomic E-state index is 0.179. The lowest BCUT2D eigenvalue weighted by Gasteiger charge is -2.25. The molecule has 9 heteroatoms. The minimum Gasteiger partial charge on any atom is -0.477 e. The highest BCUT2D eigenvalue weighted by atomic mass is 16.7. The third-order valence-corrected chi connectivity index (χ3v) is 14.0. The van der Waals surface area contributed by atoms with E-state index in [1.54, 1.807) is 0 Å². The Morgan fingerprint density at radius 3 is 1.08 bits per heavy atom. The maximum atomic E-state index is 12.8. The van der Waals surface area contributed by atoms with Crippen LogP contribution in [0.15, 0.2) is 12.2 Å². The molecule has 9 nitrogen and oxygen atoms in total. The van der Waals surface area contributed by atoms with E-state index in [-0.39, 0.29) is 32.2 Å². The molecule has 0 radical (unpaired) electrons. The van der Waals surface area contributed by atoms with Crippen LogP contribution in [0.2, 0.25) is 0 Å². The number of allylic oxidation sites excluding steroid dienone is 2. The summed E-state index contributed by atoms with van der Waals surface area (Å²) in [6.07, 6.45) is 60.6. The molecule has 0 aromatic rings. The van der Waals surface area contributed by atoms with E-state index >= 15 is 0 Å². The van der Waals surface area contributed by atoms with E-state index in [1.165, 1.54) is 218 Å². The summed E-state index contributed by atoms with van der Waals surface area (Å²) in [5, 5.41) is 9.67. The molecule has 0 bridgehead atoms. The van der Waals surface area contributed by atoms with E-state index < -0.39 is 24.3 Å². The van der Waals surface area contributed by atoms with E-state index in [2.05, 4.69) is 26.0 Å². The molecular weight excluding hydrogens is 887 g/mol. The van der Waals surface area contributed by atoms with Crippen molar-refractivity contribution in [2.75, 3.05) is 47.5 Å². The van der Waals surface area contributed by atoms with E-state index in [4.69, 9.17) is 18.9 Å². The number of aliphatic carboxylic acids is 1. The standard InChI is InChI=1S/C62H119NO8/c1-6-8-10-12-14-16-18-19-20-21-22-23-24-25-26-27-28-29-30-31-32-33-34-35-36-37-38-39-40-41-43-44-46-48-50-52-59(64)69-56-58(57-70-62(61(66)67)68-55-54-63(3,4)5)71-60(65)53-51-49-47-45-42-17-15-13-11-9-7-2/h13,15,58,62H,6-12,14,16-57H2,1-5H3/p+1/b15-13-. The van der Waals surface area contributed by atoms with Crippen LogP contribution in [0.25, 0.3) is 0 Å². The van der Waals surface area contributed by atoms with Gasteiger partial charge in [-0.2, -0.15) is 0 Å². The molecule has 1 N–H and O–H groups in total. The van der Waals surface area contributed by atoms with Gasteiger partial charge in [-0.1, -0.05) is 276 Å². The third-order valence-electron chi connectivity index (χ3n) is 14.0. The van der Waals surface area contributed by atoms with Crippen LogP contribution in [0.3, 0.4) is 0 Å². The van der Waals surface area contributed by atoms with Gasteiger partial charge in [-0.05, 0) is 32.1 Å². The molecule has 420 valence electrons. The van der Waals surface area contributed by atoms with Crippen LogP contribution in [-0.2, 0) is 33.3 Å². The number of ether oxygens (including phenoxy) is 4. The molecule has 0 aliphatic carbocycles. The number of likely N-dealkylation sites (N-methyl/N-ethyl adjacent to an activating group) is 1. The number of hydrogen-bond donors (Lipinski definition) is 1. The summed E-state index contributed by atoms with van der Waals surface area (Å²) < 4.78 is 22.8. The summed E-state index contributed by atoms with van der Waals surface area (Å²) in [7, 11) is 5.97. The van der Waals surface area contributed by atoms with Crippen LogP contribution in [0.4, 0.5) is 0 Å². The molecule has 71 heavy (non-hydrogen) atoms. The number of esters is 2. The molecule has 0 rings (SSSR count). The molecule has 0 heterocycles. The Morgan fingerprint density at radius 1 is 0.408 bits per heavy atom. The quantitative estimate of drug-likeness (QED) is 0.0211. The maximum Gasteiger partial charge on any atom is 0.361 e. The normalized spacial score (nSPS) is 12.7. The Hall–Kier alpha value is -1.97. The van der Waals surface area contributed by atoms with Gasteiger partial charge in [-0.15, -0.1) is 0 Å². The number of nitrogens with zero attached hydrogens (tertiary/aromatic N) is 1. The Morgan fingerprint density at radius 2 is 0.732 bits per heavy atom. The first kappa shape index (κ1) is 69.0. The van der Waals surface area contributed by atoms with Crippen molar-refractivity contribution in [3.8, 4) is 0 Å². The second-order valence-electron chi connectivity index (χ2n) is 22.4. The van der Waals surface area contributed by atoms with Crippen LogP contribution < -0.4 is 0 Å². The van der Waals surface area contributed by atoms with Crippen LogP contribution in [0, 0.1) is 0 Å². The number of carbonyl (C=O) groups is 3. The van der Waals surface area contributed by atoms with Crippen molar-refractivity contribution in [2.24, 2.45) is 0 Å². The van der Waals surface area contributed by atoms with Crippen molar-refractivity contribution in [2.45, 2.75) is 322 Å². The molecule has 0 aliphatic heterocycles. The summed E-state index contributed by atoms with van der Waals surface area (Å²) in [5.41, 5.74) is 0. The molecule has 0 amide bonds. The number of carbonyl (C=O) groups excluding carboxylic acids is 2. The highest BCUT2D eigenvalue weighted by molar-refractivity contribution is 5.71. The zero-order valence-electron chi connectivity index (χ0n) is 47.9. The fourth-order valence-electron chi connectivity index (χ4n) is 9.23. The van der Waals surface area contributed by atoms with Crippen molar-refractivity contribution >= 4 is 17.9 Å². The van der Waals surface area contributed by atoms with Crippen molar-refractivity contribution in [1.82, 2.24) is 0 Å². The lowest BCUT2D eigenvalue weighted by molar-refractivity contribution is -0.870. The van der Waals surface area contributed by atoms with Gasteiger partial charge in [0.1, 0.15) is 13.2 Å². The van der Waals surface area contributed by atoms with E-state index in [9.17, 15) is 19.5 Å². The fourth-order valence-corrected chi connectivity index (χ4v) is 9.23. The largest absolute Gasteiger partial charge is 0.477 e. The molecular formula is C62H120NO8+. The van der Waals surface area contributed by atoms with Crippen LogP contribution in [0.1, 0.15) is 309 Å². The molecule has 0 aromatic heterocycles. The summed E-state index contributed by atoms with van der Waals surface area (Å²) in [4.78, 5) is 37.3. The first-order valence-corrected chi connectivity index (χ1v) is 30.9. The number of hydrogen-bond acceptors (Lipinski definition) is 7. The summed E-state index contributed by atoms with van der Waals surface area (Å²) in [5.74, 6) is -2.00. The predicted molar refractivity (Wildman–Crippen MR) is 300 cm³/mol. The van der Waals surface area contributed by atoms with Gasteiger partial charge in [0, 0.05) is 12.8 Å². The highest BCUT2D eigenvalue weighted by Gasteiger charge is 2.25. The second-order valence-corrected chi connectivity index (χ2v) is 22.4. The molecule has 0 aliphatic rings. The lowest BCUT2D eigenvalue weighted by atomic mass is 10.0. The number of carboxylic acids is 1. The molecule has 0 saturated heterocycles. The Bertz CT molecular complexity index is 1170. The smallest absolute Gasteiger partial charge is 0.361 e. The van der Waals surface area contributed by atoms with Gasteiger partial charge in [-0.3, -0.25) is 9.59 Å². The third kappa shape index (κ3) is 55.6. The summed E-state index contributed by atoms with van der Waals surface area (Å²) in [6, 6.07) is 0. The molecule has 0 saturated carbocycles. The van der Waals surface area contributed by atoms with Gasteiger partial charge >= 0.3 is 17.9 Å². The van der Waals surface area contributed by atoms with Crippen LogP contribution in [0.5, 0.6) is 0 Å². The van der Waals surface area contributed by atoms with Crippen LogP contribution in [-0.4, -0.2) is 87.4 Å². The average molecular weight is 1010 g/mol. The predicted octanol–water partition coefficient (Wildman–Crippen LogP) is 18.1. The van der Waals surface area contributed by atoms with Crippen LogP contribution >= 0.6 is 0 Å². The lowest BCUT2D eigenvalue weighted by Crippen LogP contribution is -2.40. The number of unbranched alkanes of at least 4 members (excludes halogenated alkanes) is 41. The first-order valence-electron chi connectivity index (χ1n) is 30.9. The zero-order valence-corrected chi connectivity index (χ0v) is 47.9. The summed E-state index contributed by atoms with van der Waals surface area (Å²) >= 11 is 0. The highest BCUT2D eigenvalue weighted by Crippen LogP contribution is 2.18. The molecule has 0 aromatic carbocycles. The second kappa shape index (κ2) is 54.3. The zero-order chi connectivity index (χ0) is 52.0. The Kier molecular flexibility index (Phi) is 52.8. The molecule has 0 spiro atoms. The monoisotopic (exact) mass is 1010 g/mol. The van der Waals surface area contributed by atoms with Crippen molar-refractivity contribution < 1.29 is 42.9 Å². The van der Waals surface area contributed by atoms with Crippen molar-refractivity contribution in [3.63, 3.8) is 0 Å². The van der Waals surface area contributed by atoms with Gasteiger partial charge in [0.2, 0.25) is 0 Å². The number of rotatable bonds is 58. The molecule has 0 fully saturated rings. The number of carboxylic acid groups (broad SMARTS) is 1. The van der Waals surface area contributed by atoms with E-state index in [0.29, 0.717) is 23.9 Å². The first-order chi connectivity index (χ1) is 34.6. The number of quaternary nitrogens is 1. The molecule has 2 unspecified atom stereocenters. The van der Waals surface area contributed by atoms with Gasteiger partial charge in [0.25, 0.3) is 6.29 Å². The average Bonchev–Trinajstić information content (AvgIpc) is 3.34. The topological polar surface area (TPSA) is 108 Å². The van der Waals surface area contributed by atoms with Crippen molar-refractivity contribution in [3.05, 3.63) is 12.2 Å². The van der Waals surface area contributed by atoms with Gasteiger partial charge in [0.05, 0.1) is 34.4 Å². The van der Waals surface area contributed by atoms with E-state index in [1.807, 2.05) is 21.1 Å². The minimum atomic E-state index is -1.51.